The molecule has 0 aromatic heterocycles. The number of rotatable bonds is 2. The number of Topliss-reactive ketones (excluding diaryl/α,β-unsaturated/α-hetero) is 1. The Kier molecular flexibility index (Phi) is 3.95. The summed E-state index contributed by atoms with van der Waals surface area (Å²) >= 11 is 12.3. The Balaban J connectivity index is 3.08. The molecule has 0 fully saturated rings. The largest absolute Gasteiger partial charge is 0.293 e. The van der Waals surface area contributed by atoms with Gasteiger partial charge in [0.2, 0.25) is 0 Å². The molecule has 0 saturated carbocycles. The van der Waals surface area contributed by atoms with E-state index in [0.29, 0.717) is 5.56 Å². The van der Waals surface area contributed by atoms with Crippen molar-refractivity contribution in [2.24, 2.45) is 0 Å². The predicted octanol–water partition coefficient (Wildman–Crippen LogP) is 4.02. The third-order valence-corrected chi connectivity index (χ3v) is 2.62. The zero-order chi connectivity index (χ0) is 10.0. The van der Waals surface area contributed by atoms with Crippen LogP contribution in [0.2, 0.25) is 0 Å². The Morgan fingerprint density at radius 3 is 2.15 bits per heavy atom. The van der Waals surface area contributed by atoms with Gasteiger partial charge in [-0.3, -0.25) is 4.79 Å². The molecule has 0 radical (unpaired) electrons. The highest BCUT2D eigenvalue weighted by Crippen LogP contribution is 2.21. The van der Waals surface area contributed by atoms with Gasteiger partial charge in [0, 0.05) is 14.5 Å². The molecule has 0 N–H and O–H groups in total. The lowest BCUT2D eigenvalue weighted by Crippen LogP contribution is -2.10. The zero-order valence-electron chi connectivity index (χ0n) is 6.85. The minimum absolute atomic E-state index is 0.0660. The van der Waals surface area contributed by atoms with Crippen molar-refractivity contribution in [3.63, 3.8) is 0 Å². The summed E-state index contributed by atoms with van der Waals surface area (Å²) in [7, 11) is 0. The molecule has 4 heteroatoms. The second kappa shape index (κ2) is 4.58. The lowest BCUT2D eigenvalue weighted by atomic mass is 10.1. The average Bonchev–Trinajstić information content (AvgIpc) is 2.01. The number of halogens is 3. The molecule has 1 aromatic carbocycles. The maximum Gasteiger partial charge on any atom is 0.180 e. The lowest BCUT2D eigenvalue weighted by molar-refractivity contribution is 0.0991. The summed E-state index contributed by atoms with van der Waals surface area (Å²) in [5.74, 6) is -0.0660. The first-order valence-corrected chi connectivity index (χ1v) is 5.67. The first-order chi connectivity index (χ1) is 6.00. The van der Waals surface area contributed by atoms with Crippen LogP contribution < -0.4 is 0 Å². The van der Waals surface area contributed by atoms with Crippen LogP contribution in [0.3, 0.4) is 0 Å². The van der Waals surface area contributed by atoms with Crippen LogP contribution in [0.4, 0.5) is 0 Å². The van der Waals surface area contributed by atoms with E-state index in [1.54, 1.807) is 19.1 Å². The Morgan fingerprint density at radius 2 is 1.77 bits per heavy atom. The van der Waals surface area contributed by atoms with Crippen molar-refractivity contribution in [2.75, 3.05) is 0 Å². The number of carbonyl (C=O) groups is 1. The lowest BCUT2D eigenvalue weighted by Gasteiger charge is -2.03. The van der Waals surface area contributed by atoms with Crippen LogP contribution >= 0.6 is 43.5 Å². The molecule has 0 aliphatic heterocycles. The third-order valence-electron chi connectivity index (χ3n) is 1.51. The Bertz CT molecular complexity index is 316. The van der Waals surface area contributed by atoms with Gasteiger partial charge in [-0.1, -0.05) is 31.9 Å². The van der Waals surface area contributed by atoms with Gasteiger partial charge in [0.15, 0.2) is 5.78 Å². The first kappa shape index (κ1) is 11.2. The third kappa shape index (κ3) is 3.08. The summed E-state index contributed by atoms with van der Waals surface area (Å²) < 4.78 is 1.73. The number of alkyl halides is 1. The van der Waals surface area contributed by atoms with Gasteiger partial charge in [0.25, 0.3) is 0 Å². The van der Waals surface area contributed by atoms with Crippen molar-refractivity contribution >= 4 is 49.2 Å². The molecule has 0 amide bonds. The Morgan fingerprint density at radius 1 is 1.31 bits per heavy atom. The molecule has 1 rings (SSSR count). The molecule has 1 nitrogen and oxygen atoms in total. The summed E-state index contributed by atoms with van der Waals surface area (Å²) in [6.07, 6.45) is 0. The predicted molar refractivity (Wildman–Crippen MR) is 61.5 cm³/mol. The van der Waals surface area contributed by atoms with Gasteiger partial charge < -0.3 is 0 Å². The van der Waals surface area contributed by atoms with E-state index < -0.39 is 5.38 Å². The van der Waals surface area contributed by atoms with E-state index in [9.17, 15) is 4.79 Å². The van der Waals surface area contributed by atoms with Crippen LogP contribution in [0.15, 0.2) is 27.1 Å². The van der Waals surface area contributed by atoms with Crippen molar-refractivity contribution in [3.8, 4) is 0 Å². The van der Waals surface area contributed by atoms with E-state index in [1.807, 2.05) is 6.07 Å². The maximum absolute atomic E-state index is 11.5. The van der Waals surface area contributed by atoms with Gasteiger partial charge in [-0.15, -0.1) is 11.6 Å². The minimum Gasteiger partial charge on any atom is -0.293 e. The molecule has 0 aliphatic rings. The number of ketones is 1. The van der Waals surface area contributed by atoms with Crippen LogP contribution in [0.5, 0.6) is 0 Å². The van der Waals surface area contributed by atoms with Gasteiger partial charge in [0.05, 0.1) is 5.38 Å². The van der Waals surface area contributed by atoms with Crippen molar-refractivity contribution in [1.82, 2.24) is 0 Å². The zero-order valence-corrected chi connectivity index (χ0v) is 10.8. The summed E-state index contributed by atoms with van der Waals surface area (Å²) in [6, 6.07) is 5.38. The second-order valence-electron chi connectivity index (χ2n) is 2.64. The van der Waals surface area contributed by atoms with Crippen LogP contribution in [-0.2, 0) is 0 Å². The van der Waals surface area contributed by atoms with Gasteiger partial charge in [-0.05, 0) is 25.1 Å². The first-order valence-electron chi connectivity index (χ1n) is 3.65. The molecule has 0 spiro atoms. The van der Waals surface area contributed by atoms with Crippen molar-refractivity contribution < 1.29 is 4.79 Å². The summed E-state index contributed by atoms with van der Waals surface area (Å²) in [6.45, 7) is 1.67. The highest BCUT2D eigenvalue weighted by Gasteiger charge is 2.12. The van der Waals surface area contributed by atoms with Crippen molar-refractivity contribution in [3.05, 3.63) is 32.7 Å². The molecule has 1 atom stereocenters. The van der Waals surface area contributed by atoms with Gasteiger partial charge in [0.1, 0.15) is 0 Å². The SMILES string of the molecule is CC(Cl)C(=O)c1cc(Br)cc(Br)c1. The van der Waals surface area contributed by atoms with E-state index in [4.69, 9.17) is 11.6 Å². The van der Waals surface area contributed by atoms with Crippen molar-refractivity contribution in [2.45, 2.75) is 12.3 Å². The second-order valence-corrected chi connectivity index (χ2v) is 5.12. The van der Waals surface area contributed by atoms with Crippen LogP contribution in [0.1, 0.15) is 17.3 Å². The number of hydrogen-bond acceptors (Lipinski definition) is 1. The Labute approximate surface area is 98.7 Å². The standard InChI is InChI=1S/C9H7Br2ClO/c1-5(12)9(13)6-2-7(10)4-8(11)3-6/h2-5H,1H3. The molecule has 70 valence electrons. The van der Waals surface area contributed by atoms with E-state index in [0.717, 1.165) is 8.95 Å². The van der Waals surface area contributed by atoms with E-state index in [1.165, 1.54) is 0 Å². The maximum atomic E-state index is 11.5. The van der Waals surface area contributed by atoms with E-state index in [-0.39, 0.29) is 5.78 Å². The minimum atomic E-state index is -0.485. The van der Waals surface area contributed by atoms with Crippen molar-refractivity contribution in [1.29, 1.82) is 0 Å². The molecule has 1 aromatic rings. The Hall–Kier alpha value is 0.140. The van der Waals surface area contributed by atoms with Gasteiger partial charge in [-0.25, -0.2) is 0 Å². The average molecular weight is 326 g/mol. The summed E-state index contributed by atoms with van der Waals surface area (Å²) in [5.41, 5.74) is 0.615. The van der Waals surface area contributed by atoms with Gasteiger partial charge in [-0.2, -0.15) is 0 Å². The normalized spacial score (nSPS) is 12.6. The highest BCUT2D eigenvalue weighted by molar-refractivity contribution is 9.11. The van der Waals surface area contributed by atoms with Crippen LogP contribution in [0.25, 0.3) is 0 Å². The molecule has 0 bridgehead atoms. The molecule has 13 heavy (non-hydrogen) atoms. The highest BCUT2D eigenvalue weighted by atomic mass is 79.9. The fraction of sp³-hybridized carbons (Fsp3) is 0.222. The quantitative estimate of drug-likeness (QED) is 0.592. The molecular weight excluding hydrogens is 319 g/mol. The van der Waals surface area contributed by atoms with E-state index >= 15 is 0 Å². The number of benzene rings is 1. The smallest absolute Gasteiger partial charge is 0.180 e. The fourth-order valence-corrected chi connectivity index (χ4v) is 2.35. The molecule has 1 unspecified atom stereocenters. The monoisotopic (exact) mass is 324 g/mol. The van der Waals surface area contributed by atoms with Gasteiger partial charge >= 0.3 is 0 Å². The van der Waals surface area contributed by atoms with Crippen LogP contribution in [-0.4, -0.2) is 11.2 Å². The summed E-state index contributed by atoms with van der Waals surface area (Å²) in [4.78, 5) is 11.5. The molecule has 0 aliphatic carbocycles. The summed E-state index contributed by atoms with van der Waals surface area (Å²) in [5, 5.41) is -0.485. The van der Waals surface area contributed by atoms with E-state index in [2.05, 4.69) is 31.9 Å². The number of hydrogen-bond donors (Lipinski definition) is 0. The number of carbonyl (C=O) groups excluding carboxylic acids is 1. The molecular formula is C9H7Br2ClO. The fourth-order valence-electron chi connectivity index (χ4n) is 0.926. The molecule has 0 saturated heterocycles. The topological polar surface area (TPSA) is 17.1 Å². The van der Waals surface area contributed by atoms with Crippen LogP contribution in [0, 0.1) is 0 Å². The molecule has 0 heterocycles.